The van der Waals surface area contributed by atoms with Gasteiger partial charge in [-0.05, 0) is 11.0 Å². The number of nitrogens with one attached hydrogen (secondary N) is 1. The molecule has 1 unspecified atom stereocenters. The van der Waals surface area contributed by atoms with Gasteiger partial charge in [-0.1, -0.05) is 51.1 Å². The molecule has 1 atom stereocenters. The first-order valence-electron chi connectivity index (χ1n) is 5.87. The van der Waals surface area contributed by atoms with Crippen LogP contribution in [0.25, 0.3) is 0 Å². The number of carbonyl (C=O) groups is 2. The molecule has 0 heterocycles. The van der Waals surface area contributed by atoms with Crippen molar-refractivity contribution in [3.05, 3.63) is 35.9 Å². The average Bonchev–Trinajstić information content (AvgIpc) is 2.25. The molecule has 0 radical (unpaired) electrons. The van der Waals surface area contributed by atoms with Crippen LogP contribution in [0.5, 0.6) is 0 Å². The number of hydrogen-bond acceptors (Lipinski definition) is 2. The van der Waals surface area contributed by atoms with Crippen LogP contribution in [0.2, 0.25) is 0 Å². The minimum atomic E-state index is -1.17. The summed E-state index contributed by atoms with van der Waals surface area (Å²) in [6.45, 7) is 5.53. The maximum absolute atomic E-state index is 12.2. The minimum Gasteiger partial charge on any atom is -0.465 e. The number of hydrogen-bond donors (Lipinski definition) is 2. The second-order valence-corrected chi connectivity index (χ2v) is 5.38. The Morgan fingerprint density at radius 3 is 2.22 bits per heavy atom. The molecule has 1 rings (SSSR count). The van der Waals surface area contributed by atoms with Gasteiger partial charge in [0.15, 0.2) is 5.78 Å². The fourth-order valence-corrected chi connectivity index (χ4v) is 1.80. The molecule has 4 heteroatoms. The van der Waals surface area contributed by atoms with E-state index in [1.54, 1.807) is 0 Å². The molecule has 0 aliphatic carbocycles. The molecule has 18 heavy (non-hydrogen) atoms. The van der Waals surface area contributed by atoms with Crippen LogP contribution in [-0.2, 0) is 11.2 Å². The third-order valence-electron chi connectivity index (χ3n) is 2.68. The molecule has 0 spiro atoms. The predicted octanol–water partition coefficient (Wildman–Crippen LogP) is 2.48. The van der Waals surface area contributed by atoms with E-state index in [4.69, 9.17) is 5.11 Å². The van der Waals surface area contributed by atoms with E-state index in [1.807, 2.05) is 51.1 Å². The van der Waals surface area contributed by atoms with Crippen LogP contribution in [0.1, 0.15) is 26.3 Å². The number of benzene rings is 1. The number of rotatable bonds is 4. The third-order valence-corrected chi connectivity index (χ3v) is 2.68. The fraction of sp³-hybridized carbons (Fsp3) is 0.429. The summed E-state index contributed by atoms with van der Waals surface area (Å²) in [5, 5.41) is 11.1. The Labute approximate surface area is 107 Å². The fourth-order valence-electron chi connectivity index (χ4n) is 1.80. The normalized spacial score (nSPS) is 12.8. The second kappa shape index (κ2) is 5.67. The Morgan fingerprint density at radius 2 is 1.78 bits per heavy atom. The zero-order valence-corrected chi connectivity index (χ0v) is 10.9. The van der Waals surface area contributed by atoms with Crippen molar-refractivity contribution < 1.29 is 14.7 Å². The number of amides is 1. The van der Waals surface area contributed by atoms with Gasteiger partial charge in [0.1, 0.15) is 0 Å². The Kier molecular flexibility index (Phi) is 4.48. The number of ketones is 1. The van der Waals surface area contributed by atoms with E-state index < -0.39 is 17.6 Å². The van der Waals surface area contributed by atoms with E-state index in [0.29, 0.717) is 0 Å². The summed E-state index contributed by atoms with van der Waals surface area (Å²) in [5.41, 5.74) is 0.452. The van der Waals surface area contributed by atoms with E-state index >= 15 is 0 Å². The van der Waals surface area contributed by atoms with Crippen LogP contribution in [0.15, 0.2) is 30.3 Å². The van der Waals surface area contributed by atoms with Gasteiger partial charge < -0.3 is 10.4 Å². The molecule has 0 fully saturated rings. The monoisotopic (exact) mass is 249 g/mol. The molecule has 4 nitrogen and oxygen atoms in total. The molecule has 0 bridgehead atoms. The largest absolute Gasteiger partial charge is 0.465 e. The van der Waals surface area contributed by atoms with E-state index in [-0.39, 0.29) is 12.2 Å². The Morgan fingerprint density at radius 1 is 1.22 bits per heavy atom. The zero-order chi connectivity index (χ0) is 13.8. The SMILES string of the molecule is CC(C)(C)C(NC(=O)O)C(=O)Cc1ccccc1. The predicted molar refractivity (Wildman–Crippen MR) is 69.6 cm³/mol. The lowest BCUT2D eigenvalue weighted by atomic mass is 9.82. The average molecular weight is 249 g/mol. The van der Waals surface area contributed by atoms with E-state index in [1.165, 1.54) is 0 Å². The van der Waals surface area contributed by atoms with Crippen LogP contribution < -0.4 is 5.32 Å². The molecule has 1 aromatic rings. The number of carboxylic acid groups (broad SMARTS) is 1. The summed E-state index contributed by atoms with van der Waals surface area (Å²) in [4.78, 5) is 22.9. The van der Waals surface area contributed by atoms with Gasteiger partial charge in [0.05, 0.1) is 6.04 Å². The first-order chi connectivity index (χ1) is 8.30. The lowest BCUT2D eigenvalue weighted by molar-refractivity contribution is -0.122. The molecule has 1 amide bonds. The molecular weight excluding hydrogens is 230 g/mol. The molecule has 0 aliphatic rings. The van der Waals surface area contributed by atoms with Crippen LogP contribution in [0.3, 0.4) is 0 Å². The van der Waals surface area contributed by atoms with E-state index in [0.717, 1.165) is 5.56 Å². The van der Waals surface area contributed by atoms with Gasteiger partial charge in [0, 0.05) is 6.42 Å². The molecule has 0 aromatic heterocycles. The van der Waals surface area contributed by atoms with Crippen LogP contribution in [-0.4, -0.2) is 23.0 Å². The molecule has 1 aromatic carbocycles. The Balaban J connectivity index is 2.80. The van der Waals surface area contributed by atoms with Gasteiger partial charge >= 0.3 is 6.09 Å². The summed E-state index contributed by atoms with van der Waals surface area (Å²) in [5.74, 6) is -0.115. The molecule has 0 saturated heterocycles. The summed E-state index contributed by atoms with van der Waals surface area (Å²) in [6.07, 6.45) is -0.931. The first kappa shape index (κ1) is 14.2. The minimum absolute atomic E-state index is 0.115. The summed E-state index contributed by atoms with van der Waals surface area (Å²) >= 11 is 0. The van der Waals surface area contributed by atoms with Crippen LogP contribution in [0.4, 0.5) is 4.79 Å². The van der Waals surface area contributed by atoms with Crippen LogP contribution >= 0.6 is 0 Å². The molecule has 0 saturated carbocycles. The van der Waals surface area contributed by atoms with Crippen molar-refractivity contribution in [3.63, 3.8) is 0 Å². The third kappa shape index (κ3) is 4.20. The first-order valence-corrected chi connectivity index (χ1v) is 5.87. The van der Waals surface area contributed by atoms with Crippen molar-refractivity contribution in [1.82, 2.24) is 5.32 Å². The maximum Gasteiger partial charge on any atom is 0.405 e. The van der Waals surface area contributed by atoms with Gasteiger partial charge in [-0.15, -0.1) is 0 Å². The molecule has 2 N–H and O–H groups in total. The summed E-state index contributed by atoms with van der Waals surface area (Å²) in [6, 6.07) is 8.62. The maximum atomic E-state index is 12.2. The topological polar surface area (TPSA) is 66.4 Å². The van der Waals surface area contributed by atoms with Crippen molar-refractivity contribution in [1.29, 1.82) is 0 Å². The van der Waals surface area contributed by atoms with Gasteiger partial charge in [-0.2, -0.15) is 0 Å². The second-order valence-electron chi connectivity index (χ2n) is 5.38. The van der Waals surface area contributed by atoms with E-state index in [9.17, 15) is 9.59 Å². The number of carbonyl (C=O) groups excluding carboxylic acids is 1. The number of Topliss-reactive ketones (excluding diaryl/α,β-unsaturated/α-hetero) is 1. The lowest BCUT2D eigenvalue weighted by Crippen LogP contribution is -2.49. The summed E-state index contributed by atoms with van der Waals surface area (Å²) in [7, 11) is 0. The highest BCUT2D eigenvalue weighted by Gasteiger charge is 2.32. The van der Waals surface area contributed by atoms with E-state index in [2.05, 4.69) is 5.32 Å². The molecular formula is C14H19NO3. The lowest BCUT2D eigenvalue weighted by Gasteiger charge is -2.29. The molecule has 98 valence electrons. The highest BCUT2D eigenvalue weighted by atomic mass is 16.4. The van der Waals surface area contributed by atoms with Gasteiger partial charge in [-0.3, -0.25) is 4.79 Å². The van der Waals surface area contributed by atoms with Gasteiger partial charge in [0.2, 0.25) is 0 Å². The Hall–Kier alpha value is -1.84. The van der Waals surface area contributed by atoms with Crippen molar-refractivity contribution in [2.45, 2.75) is 33.2 Å². The van der Waals surface area contributed by atoms with Crippen molar-refractivity contribution in [2.24, 2.45) is 5.41 Å². The van der Waals surface area contributed by atoms with Crippen molar-refractivity contribution >= 4 is 11.9 Å². The quantitative estimate of drug-likeness (QED) is 0.861. The van der Waals surface area contributed by atoms with Crippen LogP contribution in [0, 0.1) is 5.41 Å². The van der Waals surface area contributed by atoms with Crippen molar-refractivity contribution in [3.8, 4) is 0 Å². The van der Waals surface area contributed by atoms with Gasteiger partial charge in [0.25, 0.3) is 0 Å². The smallest absolute Gasteiger partial charge is 0.405 e. The highest BCUT2D eigenvalue weighted by molar-refractivity contribution is 5.89. The zero-order valence-electron chi connectivity index (χ0n) is 10.9. The van der Waals surface area contributed by atoms with Gasteiger partial charge in [-0.25, -0.2) is 4.79 Å². The Bertz CT molecular complexity index is 420. The highest BCUT2D eigenvalue weighted by Crippen LogP contribution is 2.21. The standard InChI is InChI=1S/C14H19NO3/c1-14(2,3)12(15-13(17)18)11(16)9-10-7-5-4-6-8-10/h4-8,12,15H,9H2,1-3H3,(H,17,18). The molecule has 0 aliphatic heterocycles. The van der Waals surface area contributed by atoms with Crippen molar-refractivity contribution in [2.75, 3.05) is 0 Å². The summed E-state index contributed by atoms with van der Waals surface area (Å²) < 4.78 is 0.